The van der Waals surface area contributed by atoms with Gasteiger partial charge in [0, 0.05) is 0 Å². The van der Waals surface area contributed by atoms with Gasteiger partial charge in [0.15, 0.2) is 5.78 Å². The number of carbonyl (C=O) groups excluding carboxylic acids is 1. The van der Waals surface area contributed by atoms with E-state index >= 15 is 0 Å². The number of imidazole rings is 1. The topological polar surface area (TPSA) is 71.0 Å². The van der Waals surface area contributed by atoms with Gasteiger partial charge in [0.2, 0.25) is 5.62 Å². The molecule has 0 saturated carbocycles. The van der Waals surface area contributed by atoms with Crippen LogP contribution in [-0.2, 0) is 18.5 Å². The number of para-hydroxylation sites is 2. The number of aromatic nitrogens is 2. The molecule has 0 bridgehead atoms. The van der Waals surface area contributed by atoms with Gasteiger partial charge in [-0.05, 0) is 40.8 Å². The van der Waals surface area contributed by atoms with E-state index < -0.39 is 0 Å². The van der Waals surface area contributed by atoms with Crippen molar-refractivity contribution in [2.24, 2.45) is 0 Å². The van der Waals surface area contributed by atoms with Crippen LogP contribution in [0.2, 0.25) is 0 Å². The van der Waals surface area contributed by atoms with E-state index in [0.717, 1.165) is 22.2 Å². The number of carbonyl (C=O) groups is 1. The average Bonchev–Trinajstić information content (AvgIpc) is 3.00. The Bertz CT molecular complexity index is 1310. The van der Waals surface area contributed by atoms with Crippen molar-refractivity contribution in [3.05, 3.63) is 95.1 Å². The molecule has 0 aliphatic rings. The molecule has 166 valence electrons. The number of ketones is 1. The van der Waals surface area contributed by atoms with Crippen molar-refractivity contribution < 1.29 is 9.90 Å². The summed E-state index contributed by atoms with van der Waals surface area (Å²) >= 11 is 0. The van der Waals surface area contributed by atoms with Crippen molar-refractivity contribution in [1.29, 1.82) is 5.41 Å². The van der Waals surface area contributed by atoms with Crippen LogP contribution < -0.4 is 5.62 Å². The summed E-state index contributed by atoms with van der Waals surface area (Å²) in [5.41, 5.74) is 4.20. The zero-order chi connectivity index (χ0) is 22.2. The first-order valence-corrected chi connectivity index (χ1v) is 10.4. The van der Waals surface area contributed by atoms with Gasteiger partial charge >= 0.3 is 0 Å². The summed E-state index contributed by atoms with van der Waals surface area (Å²) in [6.07, 6.45) is 0. The zero-order valence-electron chi connectivity index (χ0n) is 18.5. The van der Waals surface area contributed by atoms with E-state index in [4.69, 9.17) is 5.41 Å². The molecule has 1 aromatic heterocycles. The fraction of sp³-hybridized carbons (Fsp3) is 0.231. The van der Waals surface area contributed by atoms with E-state index in [1.54, 1.807) is 16.7 Å². The van der Waals surface area contributed by atoms with E-state index in [2.05, 4.69) is 20.8 Å². The Morgan fingerprint density at radius 1 is 0.906 bits per heavy atom. The number of nitrogens with zero attached hydrogens (tertiary/aromatic N) is 2. The molecule has 1 heterocycles. The molecule has 6 heteroatoms. The highest BCUT2D eigenvalue weighted by Gasteiger charge is 2.20. The van der Waals surface area contributed by atoms with Crippen LogP contribution in [-0.4, -0.2) is 20.0 Å². The molecule has 0 atom stereocenters. The van der Waals surface area contributed by atoms with Gasteiger partial charge in [-0.2, -0.15) is 0 Å². The third-order valence-corrected chi connectivity index (χ3v) is 5.62. The second kappa shape index (κ2) is 9.17. The summed E-state index contributed by atoms with van der Waals surface area (Å²) in [6.45, 7) is 6.75. The van der Waals surface area contributed by atoms with Crippen LogP contribution in [0.25, 0.3) is 11.0 Å². The molecule has 3 aromatic carbocycles. The molecule has 0 amide bonds. The van der Waals surface area contributed by atoms with Gasteiger partial charge < -0.3 is 14.2 Å². The molecule has 0 radical (unpaired) electrons. The quantitative estimate of drug-likeness (QED) is 0.363. The van der Waals surface area contributed by atoms with Gasteiger partial charge in [-0.15, -0.1) is 17.0 Å². The first kappa shape index (κ1) is 23.5. The number of phenolic OH excluding ortho intramolecular Hbond substituents is 1. The van der Waals surface area contributed by atoms with Crippen LogP contribution in [0, 0.1) is 5.41 Å². The molecular weight excluding hydrogens is 466 g/mol. The molecule has 0 aliphatic carbocycles. The predicted octanol–water partition coefficient (Wildman–Crippen LogP) is 5.43. The minimum absolute atomic E-state index is 0. The zero-order valence-corrected chi connectivity index (χ0v) is 20.2. The molecule has 0 spiro atoms. The first-order valence-electron chi connectivity index (χ1n) is 10.4. The summed E-state index contributed by atoms with van der Waals surface area (Å²) in [5.74, 6) is -0.247. The Labute approximate surface area is 198 Å². The Balaban J connectivity index is 0.00000289. The minimum Gasteiger partial charge on any atom is -0.507 e. The maximum atomic E-state index is 13.2. The monoisotopic (exact) mass is 493 g/mol. The Morgan fingerprint density at radius 3 is 2.12 bits per heavy atom. The fourth-order valence-corrected chi connectivity index (χ4v) is 3.84. The van der Waals surface area contributed by atoms with E-state index in [-0.39, 0.29) is 46.1 Å². The van der Waals surface area contributed by atoms with Crippen LogP contribution in [0.1, 0.15) is 42.3 Å². The highest BCUT2D eigenvalue weighted by atomic mass is 79.9. The lowest BCUT2D eigenvalue weighted by molar-refractivity contribution is 0.0968. The standard InChI is InChI=1S/C26H27N3O2.BrH/c1-26(2,3)19-13-14-23(30)20(15-19)24(31)17-29-22-12-8-7-11-21(22)28(25(29)27)16-18-9-5-4-6-10-18;/h4-15,27,30H,16-17H2,1-3H3;1H. The van der Waals surface area contributed by atoms with E-state index in [9.17, 15) is 9.90 Å². The molecule has 5 nitrogen and oxygen atoms in total. The van der Waals surface area contributed by atoms with Crippen molar-refractivity contribution in [2.45, 2.75) is 39.3 Å². The van der Waals surface area contributed by atoms with Crippen molar-refractivity contribution in [3.8, 4) is 5.75 Å². The Morgan fingerprint density at radius 2 is 1.50 bits per heavy atom. The van der Waals surface area contributed by atoms with Crippen molar-refractivity contribution in [1.82, 2.24) is 9.13 Å². The Hall–Kier alpha value is -3.12. The lowest BCUT2D eigenvalue weighted by atomic mass is 9.85. The van der Waals surface area contributed by atoms with Gasteiger partial charge in [-0.1, -0.05) is 69.3 Å². The summed E-state index contributed by atoms with van der Waals surface area (Å²) < 4.78 is 3.62. The van der Waals surface area contributed by atoms with Crippen molar-refractivity contribution in [3.63, 3.8) is 0 Å². The largest absolute Gasteiger partial charge is 0.507 e. The Kier molecular flexibility index (Phi) is 6.74. The molecule has 2 N–H and O–H groups in total. The molecule has 0 aliphatic heterocycles. The van der Waals surface area contributed by atoms with E-state index in [1.807, 2.05) is 65.2 Å². The fourth-order valence-electron chi connectivity index (χ4n) is 3.84. The molecule has 0 saturated heterocycles. The molecule has 0 unspecified atom stereocenters. The number of hydrogen-bond acceptors (Lipinski definition) is 3. The lowest BCUT2D eigenvalue weighted by Gasteiger charge is -2.20. The number of phenols is 1. The number of aromatic hydroxyl groups is 1. The maximum absolute atomic E-state index is 13.2. The first-order chi connectivity index (χ1) is 14.8. The second-order valence-electron chi connectivity index (χ2n) is 8.88. The van der Waals surface area contributed by atoms with Gasteiger partial charge in [0.1, 0.15) is 5.75 Å². The third kappa shape index (κ3) is 4.55. The van der Waals surface area contributed by atoms with E-state index in [1.165, 1.54) is 0 Å². The van der Waals surface area contributed by atoms with Crippen LogP contribution in [0.3, 0.4) is 0 Å². The van der Waals surface area contributed by atoms with Crippen LogP contribution in [0.4, 0.5) is 0 Å². The third-order valence-electron chi connectivity index (χ3n) is 5.62. The number of benzene rings is 3. The van der Waals surface area contributed by atoms with Crippen molar-refractivity contribution in [2.75, 3.05) is 0 Å². The molecule has 0 fully saturated rings. The normalized spacial score (nSPS) is 11.3. The van der Waals surface area contributed by atoms with Crippen LogP contribution >= 0.6 is 17.0 Å². The molecule has 4 rings (SSSR count). The summed E-state index contributed by atoms with van der Waals surface area (Å²) in [7, 11) is 0. The summed E-state index contributed by atoms with van der Waals surface area (Å²) in [6, 6.07) is 22.9. The van der Waals surface area contributed by atoms with Crippen LogP contribution in [0.15, 0.2) is 72.8 Å². The highest BCUT2D eigenvalue weighted by molar-refractivity contribution is 8.93. The molecule has 4 aromatic rings. The van der Waals surface area contributed by atoms with Gasteiger partial charge in [-0.25, -0.2) is 0 Å². The molecular formula is C26H28BrN3O2. The van der Waals surface area contributed by atoms with Crippen molar-refractivity contribution >= 4 is 33.8 Å². The number of fused-ring (bicyclic) bond motifs is 1. The summed E-state index contributed by atoms with van der Waals surface area (Å²) in [5, 5.41) is 19.1. The number of rotatable bonds is 5. The smallest absolute Gasteiger partial charge is 0.203 e. The average molecular weight is 494 g/mol. The maximum Gasteiger partial charge on any atom is 0.203 e. The second-order valence-corrected chi connectivity index (χ2v) is 8.88. The summed E-state index contributed by atoms with van der Waals surface area (Å²) in [4.78, 5) is 13.2. The predicted molar refractivity (Wildman–Crippen MR) is 133 cm³/mol. The molecule has 32 heavy (non-hydrogen) atoms. The van der Waals surface area contributed by atoms with Gasteiger partial charge in [0.25, 0.3) is 0 Å². The van der Waals surface area contributed by atoms with Gasteiger partial charge in [-0.3, -0.25) is 10.2 Å². The SMILES string of the molecule is Br.CC(C)(C)c1ccc(O)c(C(=O)Cn2c(=N)n(Cc3ccccc3)c3ccccc32)c1. The minimum atomic E-state index is -0.218. The number of nitrogens with one attached hydrogen (secondary N) is 1. The number of halogens is 1. The number of hydrogen-bond donors (Lipinski definition) is 2. The lowest BCUT2D eigenvalue weighted by Crippen LogP contribution is -2.28. The van der Waals surface area contributed by atoms with E-state index in [0.29, 0.717) is 12.1 Å². The highest BCUT2D eigenvalue weighted by Crippen LogP contribution is 2.28. The van der Waals surface area contributed by atoms with Gasteiger partial charge in [0.05, 0.1) is 29.7 Å². The number of Topliss-reactive ketones (excluding diaryl/α,β-unsaturated/α-hetero) is 1. The van der Waals surface area contributed by atoms with Crippen LogP contribution in [0.5, 0.6) is 5.75 Å².